The standard InChI is InChI=1S/C34H38Cl2N2O3S/c1-4-20-34(3)22-30(26-10-9-11-28(36)21-26)32(25-16-18-27(35)19-17-25)38(33(34)39)31(24-14-15-24)23-37(42(40,41)5-2)29-12-7-6-8-13-29/h4,6-13,16-19,21,24,30-32H,1,5,14-15,20,22-23H2,2-3H3/t30?,31-,32-,34+/m1/s1. The number of carbonyl (C=O) groups is 1. The van der Waals surface area contributed by atoms with Crippen LogP contribution in [0.5, 0.6) is 0 Å². The molecule has 42 heavy (non-hydrogen) atoms. The van der Waals surface area contributed by atoms with Gasteiger partial charge < -0.3 is 4.90 Å². The highest BCUT2D eigenvalue weighted by atomic mass is 35.5. The number of hydrogen-bond acceptors (Lipinski definition) is 3. The van der Waals surface area contributed by atoms with E-state index < -0.39 is 15.4 Å². The maximum Gasteiger partial charge on any atom is 0.234 e. The van der Waals surface area contributed by atoms with Crippen molar-refractivity contribution in [2.24, 2.45) is 11.3 Å². The molecule has 5 nitrogen and oxygen atoms in total. The van der Waals surface area contributed by atoms with Gasteiger partial charge in [-0.3, -0.25) is 9.10 Å². The lowest BCUT2D eigenvalue weighted by Crippen LogP contribution is -2.59. The number of benzene rings is 3. The lowest BCUT2D eigenvalue weighted by Gasteiger charge is -2.53. The zero-order valence-corrected chi connectivity index (χ0v) is 26.5. The number of carbonyl (C=O) groups excluding carboxylic acids is 1. The van der Waals surface area contributed by atoms with Crippen molar-refractivity contribution in [1.82, 2.24) is 4.90 Å². The summed E-state index contributed by atoms with van der Waals surface area (Å²) in [6, 6.07) is 24.1. The van der Waals surface area contributed by atoms with Crippen molar-refractivity contribution in [3.63, 3.8) is 0 Å². The van der Waals surface area contributed by atoms with E-state index in [9.17, 15) is 13.2 Å². The Morgan fingerprint density at radius 1 is 1.00 bits per heavy atom. The third-order valence-corrected chi connectivity index (χ3v) is 11.1. The Balaban J connectivity index is 1.70. The molecule has 0 N–H and O–H groups in total. The third-order valence-electron chi connectivity index (χ3n) is 8.81. The summed E-state index contributed by atoms with van der Waals surface area (Å²) in [5.41, 5.74) is 1.91. The van der Waals surface area contributed by atoms with Crippen molar-refractivity contribution in [1.29, 1.82) is 0 Å². The molecule has 1 amide bonds. The number of likely N-dealkylation sites (tertiary alicyclic amines) is 1. The largest absolute Gasteiger partial charge is 0.329 e. The molecule has 8 heteroatoms. The van der Waals surface area contributed by atoms with Crippen molar-refractivity contribution >= 4 is 44.8 Å². The van der Waals surface area contributed by atoms with Gasteiger partial charge in [0.25, 0.3) is 0 Å². The number of anilines is 1. The molecule has 5 rings (SSSR count). The fraction of sp³-hybridized carbons (Fsp3) is 0.382. The minimum Gasteiger partial charge on any atom is -0.329 e. The van der Waals surface area contributed by atoms with Gasteiger partial charge in [-0.15, -0.1) is 6.58 Å². The first-order valence-electron chi connectivity index (χ1n) is 14.6. The quantitative estimate of drug-likeness (QED) is 0.202. The SMILES string of the molecule is C=CC[C@@]1(C)CC(c2cccc(Cl)c2)[C@@H](c2ccc(Cl)cc2)N([C@H](CN(c2ccccc2)S(=O)(=O)CC)C2CC2)C1=O. The molecular weight excluding hydrogens is 587 g/mol. The first-order chi connectivity index (χ1) is 20.1. The van der Waals surface area contributed by atoms with E-state index in [2.05, 4.69) is 12.6 Å². The van der Waals surface area contributed by atoms with Crippen molar-refractivity contribution in [3.8, 4) is 0 Å². The van der Waals surface area contributed by atoms with Crippen molar-refractivity contribution < 1.29 is 13.2 Å². The van der Waals surface area contributed by atoms with Crippen LogP contribution in [0.4, 0.5) is 5.69 Å². The highest BCUT2D eigenvalue weighted by Gasteiger charge is 2.54. The Labute approximate surface area is 260 Å². The Morgan fingerprint density at radius 3 is 2.29 bits per heavy atom. The van der Waals surface area contributed by atoms with Crippen LogP contribution in [0.15, 0.2) is 91.5 Å². The predicted octanol–water partition coefficient (Wildman–Crippen LogP) is 8.27. The fourth-order valence-electron chi connectivity index (χ4n) is 6.50. The minimum absolute atomic E-state index is 0.0273. The summed E-state index contributed by atoms with van der Waals surface area (Å²) < 4.78 is 28.6. The number of halogens is 2. The van der Waals surface area contributed by atoms with Crippen molar-refractivity contribution in [2.45, 2.75) is 57.5 Å². The van der Waals surface area contributed by atoms with Gasteiger partial charge in [-0.25, -0.2) is 8.42 Å². The Morgan fingerprint density at radius 2 is 1.69 bits per heavy atom. The number of sulfonamides is 1. The molecule has 4 atom stereocenters. The summed E-state index contributed by atoms with van der Waals surface area (Å²) >= 11 is 12.8. The van der Waals surface area contributed by atoms with Gasteiger partial charge in [0.05, 0.1) is 35.5 Å². The first-order valence-corrected chi connectivity index (χ1v) is 16.9. The molecule has 1 heterocycles. The number of para-hydroxylation sites is 1. The molecule has 0 bridgehead atoms. The van der Waals surface area contributed by atoms with Gasteiger partial charge in [-0.1, -0.05) is 78.7 Å². The molecule has 2 aliphatic rings. The Hall–Kier alpha value is -2.80. The number of hydrogen-bond donors (Lipinski definition) is 0. The molecule has 3 aromatic rings. The van der Waals surface area contributed by atoms with Gasteiger partial charge in [0.15, 0.2) is 0 Å². The molecule has 1 saturated heterocycles. The van der Waals surface area contributed by atoms with Gasteiger partial charge in [0.1, 0.15) is 0 Å². The summed E-state index contributed by atoms with van der Waals surface area (Å²) in [6.45, 7) is 7.85. The molecule has 1 aliphatic carbocycles. The second-order valence-corrected chi connectivity index (χ2v) is 14.9. The summed E-state index contributed by atoms with van der Waals surface area (Å²) in [4.78, 5) is 16.8. The minimum atomic E-state index is -3.62. The lowest BCUT2D eigenvalue weighted by molar-refractivity contribution is -0.154. The van der Waals surface area contributed by atoms with Crippen LogP contribution in [0, 0.1) is 11.3 Å². The molecule has 1 aliphatic heterocycles. The zero-order chi connectivity index (χ0) is 30.1. The highest BCUT2D eigenvalue weighted by molar-refractivity contribution is 7.92. The first kappa shape index (κ1) is 30.7. The smallest absolute Gasteiger partial charge is 0.234 e. The van der Waals surface area contributed by atoms with Crippen molar-refractivity contribution in [3.05, 3.63) is 113 Å². The average Bonchev–Trinajstić information content (AvgIpc) is 3.82. The summed E-state index contributed by atoms with van der Waals surface area (Å²) in [6.07, 6.45) is 4.82. The molecule has 0 aromatic heterocycles. The van der Waals surface area contributed by atoms with E-state index in [0.717, 1.165) is 24.0 Å². The Bertz CT molecular complexity index is 1530. The van der Waals surface area contributed by atoms with Crippen LogP contribution in [0.2, 0.25) is 10.0 Å². The van der Waals surface area contributed by atoms with Gasteiger partial charge in [-0.2, -0.15) is 0 Å². The van der Waals surface area contributed by atoms with Crippen molar-refractivity contribution in [2.75, 3.05) is 16.6 Å². The molecular formula is C34H38Cl2N2O3S. The Kier molecular flexibility index (Phi) is 9.08. The van der Waals surface area contributed by atoms with E-state index in [-0.39, 0.29) is 42.1 Å². The number of allylic oxidation sites excluding steroid dienone is 1. The van der Waals surface area contributed by atoms with Crippen LogP contribution in [-0.4, -0.2) is 37.6 Å². The van der Waals surface area contributed by atoms with E-state index in [1.807, 2.05) is 90.7 Å². The molecule has 3 aromatic carbocycles. The lowest BCUT2D eigenvalue weighted by atomic mass is 9.67. The maximum atomic E-state index is 14.8. The zero-order valence-electron chi connectivity index (χ0n) is 24.1. The van der Waals surface area contributed by atoms with Gasteiger partial charge in [-0.05, 0) is 86.1 Å². The summed E-state index contributed by atoms with van der Waals surface area (Å²) in [5.74, 6) is 0.0990. The molecule has 1 unspecified atom stereocenters. The van der Waals surface area contributed by atoms with Crippen LogP contribution >= 0.6 is 23.2 Å². The average molecular weight is 626 g/mol. The fourth-order valence-corrected chi connectivity index (χ4v) is 7.96. The van der Waals surface area contributed by atoms with Gasteiger partial charge >= 0.3 is 0 Å². The van der Waals surface area contributed by atoms with E-state index in [0.29, 0.717) is 28.6 Å². The number of rotatable bonds is 11. The van der Waals surface area contributed by atoms with Gasteiger partial charge in [0, 0.05) is 16.0 Å². The van der Waals surface area contributed by atoms with Crippen LogP contribution in [-0.2, 0) is 14.8 Å². The number of nitrogens with zero attached hydrogens (tertiary/aromatic N) is 2. The van der Waals surface area contributed by atoms with Crippen LogP contribution in [0.3, 0.4) is 0 Å². The predicted molar refractivity (Wildman–Crippen MR) is 173 cm³/mol. The molecule has 0 radical (unpaired) electrons. The van der Waals surface area contributed by atoms with E-state index in [4.69, 9.17) is 23.2 Å². The van der Waals surface area contributed by atoms with Crippen LogP contribution in [0.1, 0.15) is 62.6 Å². The normalized spacial score (nSPS) is 23.4. The van der Waals surface area contributed by atoms with Crippen LogP contribution < -0.4 is 4.31 Å². The van der Waals surface area contributed by atoms with E-state index in [1.54, 1.807) is 6.92 Å². The molecule has 1 saturated carbocycles. The monoisotopic (exact) mass is 624 g/mol. The molecule has 222 valence electrons. The number of piperidine rings is 1. The highest BCUT2D eigenvalue weighted by Crippen LogP contribution is 2.54. The second-order valence-electron chi connectivity index (χ2n) is 11.8. The summed E-state index contributed by atoms with van der Waals surface area (Å²) in [5, 5.41) is 1.26. The number of amides is 1. The van der Waals surface area contributed by atoms with E-state index in [1.165, 1.54) is 4.31 Å². The van der Waals surface area contributed by atoms with E-state index >= 15 is 0 Å². The summed E-state index contributed by atoms with van der Waals surface area (Å²) in [7, 11) is -3.62. The van der Waals surface area contributed by atoms with Crippen LogP contribution in [0.25, 0.3) is 0 Å². The maximum absolute atomic E-state index is 14.8. The second kappa shape index (κ2) is 12.4. The third kappa shape index (κ3) is 6.27. The molecule has 2 fully saturated rings. The van der Waals surface area contributed by atoms with Gasteiger partial charge in [0.2, 0.25) is 15.9 Å². The topological polar surface area (TPSA) is 57.7 Å². The molecule has 0 spiro atoms.